The summed E-state index contributed by atoms with van der Waals surface area (Å²) in [5.41, 5.74) is 0.721. The van der Waals surface area contributed by atoms with Crippen LogP contribution in [-0.2, 0) is 11.2 Å². The first kappa shape index (κ1) is 13.0. The van der Waals surface area contributed by atoms with Crippen LogP contribution in [0.3, 0.4) is 0 Å². The van der Waals surface area contributed by atoms with Gasteiger partial charge in [-0.1, -0.05) is 0 Å². The van der Waals surface area contributed by atoms with Gasteiger partial charge >= 0.3 is 6.61 Å². The lowest BCUT2D eigenvalue weighted by Crippen LogP contribution is -2.04. The number of ether oxygens (including phenoxy) is 1. The van der Waals surface area contributed by atoms with Gasteiger partial charge in [-0.3, -0.25) is 4.79 Å². The molecule has 0 saturated heterocycles. The third-order valence-electron chi connectivity index (χ3n) is 1.92. The van der Waals surface area contributed by atoms with E-state index in [2.05, 4.69) is 4.74 Å². The average Bonchev–Trinajstić information content (AvgIpc) is 2.16. The van der Waals surface area contributed by atoms with Crippen LogP contribution in [0.15, 0.2) is 23.1 Å². The molecular weight excluding hydrogens is 234 g/mol. The normalized spacial score (nSPS) is 10.6. The van der Waals surface area contributed by atoms with Gasteiger partial charge in [0, 0.05) is 11.3 Å². The number of carbonyl (C=O) groups is 1. The molecule has 0 radical (unpaired) electrons. The number of hydrogen-bond acceptors (Lipinski definition) is 3. The third-order valence-corrected chi connectivity index (χ3v) is 2.75. The third kappa shape index (κ3) is 3.81. The summed E-state index contributed by atoms with van der Waals surface area (Å²) >= 11 is 1.47. The van der Waals surface area contributed by atoms with E-state index < -0.39 is 6.61 Å². The lowest BCUT2D eigenvalue weighted by molar-refractivity contribution is -0.116. The van der Waals surface area contributed by atoms with Gasteiger partial charge in [0.1, 0.15) is 11.5 Å². The fourth-order valence-electron chi connectivity index (χ4n) is 1.34. The molecule has 0 atom stereocenters. The summed E-state index contributed by atoms with van der Waals surface area (Å²) in [4.78, 5) is 11.9. The van der Waals surface area contributed by atoms with Gasteiger partial charge in [0.2, 0.25) is 0 Å². The van der Waals surface area contributed by atoms with E-state index in [0.29, 0.717) is 0 Å². The molecule has 88 valence electrons. The first-order chi connectivity index (χ1) is 7.52. The summed E-state index contributed by atoms with van der Waals surface area (Å²) in [5.74, 6) is 0.0774. The van der Waals surface area contributed by atoms with Crippen molar-refractivity contribution in [1.82, 2.24) is 0 Å². The predicted molar refractivity (Wildman–Crippen MR) is 59.2 cm³/mol. The summed E-state index contributed by atoms with van der Waals surface area (Å²) in [6, 6.07) is 4.64. The molecule has 0 unspecified atom stereocenters. The second kappa shape index (κ2) is 5.84. The fraction of sp³-hybridized carbons (Fsp3) is 0.364. The zero-order chi connectivity index (χ0) is 12.1. The standard InChI is InChI=1S/C11H12F2O2S/c1-7(14)5-8-6-9(15-11(12)13)3-4-10(8)16-2/h3-4,6,11H,5H2,1-2H3. The molecule has 0 aliphatic heterocycles. The molecule has 0 spiro atoms. The Balaban J connectivity index is 2.96. The molecule has 0 amide bonds. The molecule has 0 aliphatic carbocycles. The molecule has 0 N–H and O–H groups in total. The van der Waals surface area contributed by atoms with Gasteiger partial charge in [-0.2, -0.15) is 8.78 Å². The molecule has 16 heavy (non-hydrogen) atoms. The smallest absolute Gasteiger partial charge is 0.387 e. The van der Waals surface area contributed by atoms with Crippen molar-refractivity contribution in [2.45, 2.75) is 24.9 Å². The highest BCUT2D eigenvalue weighted by Gasteiger charge is 2.09. The van der Waals surface area contributed by atoms with Crippen LogP contribution < -0.4 is 4.74 Å². The number of thioether (sulfide) groups is 1. The van der Waals surface area contributed by atoms with Gasteiger partial charge in [-0.05, 0) is 36.9 Å². The predicted octanol–water partition coefficient (Wildman–Crippen LogP) is 3.14. The van der Waals surface area contributed by atoms with Crippen molar-refractivity contribution in [3.05, 3.63) is 23.8 Å². The van der Waals surface area contributed by atoms with Crippen molar-refractivity contribution in [3.63, 3.8) is 0 Å². The van der Waals surface area contributed by atoms with E-state index in [-0.39, 0.29) is 18.0 Å². The average molecular weight is 246 g/mol. The van der Waals surface area contributed by atoms with Crippen LogP contribution in [0.1, 0.15) is 12.5 Å². The molecule has 1 aromatic carbocycles. The highest BCUT2D eigenvalue weighted by Crippen LogP contribution is 2.26. The Kier molecular flexibility index (Phi) is 4.73. The maximum atomic E-state index is 12.0. The van der Waals surface area contributed by atoms with Gasteiger partial charge in [-0.25, -0.2) is 0 Å². The Morgan fingerprint density at radius 3 is 2.69 bits per heavy atom. The SMILES string of the molecule is CSc1ccc(OC(F)F)cc1CC(C)=O. The quantitative estimate of drug-likeness (QED) is 0.746. The summed E-state index contributed by atoms with van der Waals surface area (Å²) in [6.45, 7) is -1.38. The summed E-state index contributed by atoms with van der Waals surface area (Å²) in [7, 11) is 0. The first-order valence-corrected chi connectivity index (χ1v) is 5.86. The molecule has 0 bridgehead atoms. The minimum absolute atomic E-state index is 0.00973. The van der Waals surface area contributed by atoms with E-state index in [9.17, 15) is 13.6 Å². The van der Waals surface area contributed by atoms with Crippen molar-refractivity contribution in [2.24, 2.45) is 0 Å². The minimum atomic E-state index is -2.84. The molecule has 0 fully saturated rings. The Morgan fingerprint density at radius 1 is 1.50 bits per heavy atom. The lowest BCUT2D eigenvalue weighted by Gasteiger charge is -2.09. The number of Topliss-reactive ketones (excluding diaryl/α,β-unsaturated/α-hetero) is 1. The molecule has 0 saturated carbocycles. The topological polar surface area (TPSA) is 26.3 Å². The number of halogens is 2. The van der Waals surface area contributed by atoms with Gasteiger partial charge in [-0.15, -0.1) is 11.8 Å². The van der Waals surface area contributed by atoms with E-state index >= 15 is 0 Å². The van der Waals surface area contributed by atoms with Gasteiger partial charge in [0.25, 0.3) is 0 Å². The molecule has 1 rings (SSSR count). The van der Waals surface area contributed by atoms with E-state index in [1.165, 1.54) is 30.8 Å². The van der Waals surface area contributed by atoms with E-state index in [0.717, 1.165) is 10.5 Å². The molecule has 5 heteroatoms. The second-order valence-corrected chi connectivity index (χ2v) is 4.08. The van der Waals surface area contributed by atoms with Crippen molar-refractivity contribution < 1.29 is 18.3 Å². The Morgan fingerprint density at radius 2 is 2.19 bits per heavy atom. The zero-order valence-corrected chi connectivity index (χ0v) is 9.81. The van der Waals surface area contributed by atoms with Crippen molar-refractivity contribution in [3.8, 4) is 5.75 Å². The van der Waals surface area contributed by atoms with E-state index in [4.69, 9.17) is 0 Å². The highest BCUT2D eigenvalue weighted by atomic mass is 32.2. The van der Waals surface area contributed by atoms with Gasteiger partial charge in [0.15, 0.2) is 0 Å². The van der Waals surface area contributed by atoms with Crippen LogP contribution in [0.2, 0.25) is 0 Å². The highest BCUT2D eigenvalue weighted by molar-refractivity contribution is 7.98. The number of ketones is 1. The van der Waals surface area contributed by atoms with Gasteiger partial charge in [0.05, 0.1) is 0 Å². The largest absolute Gasteiger partial charge is 0.435 e. The number of benzene rings is 1. The number of hydrogen-bond donors (Lipinski definition) is 0. The second-order valence-electron chi connectivity index (χ2n) is 3.23. The molecule has 0 aliphatic rings. The van der Waals surface area contributed by atoms with Crippen LogP contribution >= 0.6 is 11.8 Å². The summed E-state index contributed by atoms with van der Waals surface area (Å²) in [5, 5.41) is 0. The molecule has 1 aromatic rings. The molecular formula is C11H12F2O2S. The summed E-state index contributed by atoms with van der Waals surface area (Å²) < 4.78 is 28.3. The van der Waals surface area contributed by atoms with E-state index in [1.54, 1.807) is 6.07 Å². The molecule has 2 nitrogen and oxygen atoms in total. The molecule has 0 aromatic heterocycles. The van der Waals surface area contributed by atoms with Crippen molar-refractivity contribution in [1.29, 1.82) is 0 Å². The van der Waals surface area contributed by atoms with Crippen molar-refractivity contribution >= 4 is 17.5 Å². The Labute approximate surface area is 97.0 Å². The number of alkyl halides is 2. The van der Waals surface area contributed by atoms with Crippen LogP contribution in [0, 0.1) is 0 Å². The number of carbonyl (C=O) groups excluding carboxylic acids is 1. The monoisotopic (exact) mass is 246 g/mol. The van der Waals surface area contributed by atoms with Gasteiger partial charge < -0.3 is 4.74 Å². The van der Waals surface area contributed by atoms with Crippen molar-refractivity contribution in [2.75, 3.05) is 6.26 Å². The molecule has 0 heterocycles. The zero-order valence-electron chi connectivity index (χ0n) is 9.00. The van der Waals surface area contributed by atoms with Crippen LogP contribution in [-0.4, -0.2) is 18.7 Å². The van der Waals surface area contributed by atoms with Crippen LogP contribution in [0.5, 0.6) is 5.75 Å². The van der Waals surface area contributed by atoms with Crippen LogP contribution in [0.25, 0.3) is 0 Å². The Hall–Kier alpha value is -1.10. The summed E-state index contributed by atoms with van der Waals surface area (Å²) in [6.07, 6.45) is 2.10. The Bertz CT molecular complexity index is 380. The van der Waals surface area contributed by atoms with E-state index in [1.807, 2.05) is 6.26 Å². The fourth-order valence-corrected chi connectivity index (χ4v) is 1.93. The van der Waals surface area contributed by atoms with Crippen LogP contribution in [0.4, 0.5) is 8.78 Å². The maximum absolute atomic E-state index is 12.0. The minimum Gasteiger partial charge on any atom is -0.435 e. The number of rotatable bonds is 5. The lowest BCUT2D eigenvalue weighted by atomic mass is 10.1. The maximum Gasteiger partial charge on any atom is 0.387 e. The first-order valence-electron chi connectivity index (χ1n) is 4.64.